The highest BCUT2D eigenvalue weighted by Crippen LogP contribution is 2.33. The van der Waals surface area contributed by atoms with Crippen LogP contribution in [0.15, 0.2) is 40.3 Å². The van der Waals surface area contributed by atoms with Crippen LogP contribution in [0, 0.1) is 20.8 Å². The SMILES string of the molecule is Cc1ccc(C)c(Sc2nc(C)ccc2N)c1. The summed E-state index contributed by atoms with van der Waals surface area (Å²) in [5.41, 5.74) is 10.2. The van der Waals surface area contributed by atoms with Gasteiger partial charge in [0.15, 0.2) is 0 Å². The maximum Gasteiger partial charge on any atom is 0.124 e. The Morgan fingerprint density at radius 2 is 1.82 bits per heavy atom. The third-order valence-electron chi connectivity index (χ3n) is 2.58. The van der Waals surface area contributed by atoms with Gasteiger partial charge in [-0.15, -0.1) is 0 Å². The minimum absolute atomic E-state index is 0.738. The Kier molecular flexibility index (Phi) is 3.38. The lowest BCUT2D eigenvalue weighted by molar-refractivity contribution is 1.07. The van der Waals surface area contributed by atoms with Crippen molar-refractivity contribution in [1.29, 1.82) is 0 Å². The number of benzene rings is 1. The lowest BCUT2D eigenvalue weighted by atomic mass is 10.2. The zero-order valence-electron chi connectivity index (χ0n) is 10.3. The summed E-state index contributed by atoms with van der Waals surface area (Å²) in [5.74, 6) is 0. The monoisotopic (exact) mass is 244 g/mol. The first-order valence-electron chi connectivity index (χ1n) is 5.54. The van der Waals surface area contributed by atoms with Crippen LogP contribution < -0.4 is 5.73 Å². The molecule has 0 aliphatic heterocycles. The zero-order chi connectivity index (χ0) is 12.4. The molecular weight excluding hydrogens is 228 g/mol. The van der Waals surface area contributed by atoms with Gasteiger partial charge < -0.3 is 5.73 Å². The second-order valence-corrected chi connectivity index (χ2v) is 5.25. The number of rotatable bonds is 2. The van der Waals surface area contributed by atoms with Crippen molar-refractivity contribution in [3.05, 3.63) is 47.2 Å². The Morgan fingerprint density at radius 3 is 2.59 bits per heavy atom. The molecule has 0 saturated heterocycles. The standard InChI is InChI=1S/C14H16N2S/c1-9-4-5-10(2)13(8-9)17-14-12(15)7-6-11(3)16-14/h4-8H,15H2,1-3H3. The zero-order valence-corrected chi connectivity index (χ0v) is 11.1. The van der Waals surface area contributed by atoms with Gasteiger partial charge in [0, 0.05) is 10.6 Å². The van der Waals surface area contributed by atoms with E-state index in [4.69, 9.17) is 5.73 Å². The van der Waals surface area contributed by atoms with Gasteiger partial charge in [0.1, 0.15) is 5.03 Å². The molecule has 0 aliphatic carbocycles. The Morgan fingerprint density at radius 1 is 1.06 bits per heavy atom. The van der Waals surface area contributed by atoms with Crippen LogP contribution in [0.4, 0.5) is 5.69 Å². The van der Waals surface area contributed by atoms with Gasteiger partial charge in [-0.3, -0.25) is 0 Å². The quantitative estimate of drug-likeness (QED) is 0.874. The summed E-state index contributed by atoms with van der Waals surface area (Å²) in [6, 6.07) is 10.3. The molecule has 0 amide bonds. The van der Waals surface area contributed by atoms with E-state index < -0.39 is 0 Å². The van der Waals surface area contributed by atoms with Crippen LogP contribution in [0.25, 0.3) is 0 Å². The topological polar surface area (TPSA) is 38.9 Å². The number of nitrogens with zero attached hydrogens (tertiary/aromatic N) is 1. The van der Waals surface area contributed by atoms with E-state index in [9.17, 15) is 0 Å². The van der Waals surface area contributed by atoms with E-state index in [1.165, 1.54) is 16.0 Å². The van der Waals surface area contributed by atoms with Crippen molar-refractivity contribution in [3.8, 4) is 0 Å². The van der Waals surface area contributed by atoms with E-state index in [1.807, 2.05) is 19.1 Å². The molecule has 2 rings (SSSR count). The molecule has 0 radical (unpaired) electrons. The Balaban J connectivity index is 2.37. The molecule has 2 aromatic rings. The number of pyridine rings is 1. The molecule has 0 aliphatic rings. The van der Waals surface area contributed by atoms with Gasteiger partial charge in [-0.05, 0) is 50.1 Å². The van der Waals surface area contributed by atoms with Crippen molar-refractivity contribution < 1.29 is 0 Å². The molecule has 17 heavy (non-hydrogen) atoms. The number of aromatic nitrogens is 1. The summed E-state index contributed by atoms with van der Waals surface area (Å²) < 4.78 is 0. The molecule has 1 heterocycles. The minimum atomic E-state index is 0.738. The average Bonchev–Trinajstić information content (AvgIpc) is 2.28. The van der Waals surface area contributed by atoms with Crippen LogP contribution in [0.3, 0.4) is 0 Å². The lowest BCUT2D eigenvalue weighted by Crippen LogP contribution is -1.94. The molecule has 0 unspecified atom stereocenters. The van der Waals surface area contributed by atoms with Gasteiger partial charge in [-0.25, -0.2) is 4.98 Å². The number of nitrogen functional groups attached to an aromatic ring is 1. The van der Waals surface area contributed by atoms with E-state index >= 15 is 0 Å². The Labute approximate surface area is 106 Å². The van der Waals surface area contributed by atoms with Gasteiger partial charge >= 0.3 is 0 Å². The molecule has 0 atom stereocenters. The fourth-order valence-electron chi connectivity index (χ4n) is 1.55. The summed E-state index contributed by atoms with van der Waals surface area (Å²) in [6.07, 6.45) is 0. The van der Waals surface area contributed by atoms with Gasteiger partial charge in [0.25, 0.3) is 0 Å². The van der Waals surface area contributed by atoms with Crippen LogP contribution in [-0.2, 0) is 0 Å². The van der Waals surface area contributed by atoms with Gasteiger partial charge in [-0.1, -0.05) is 23.9 Å². The van der Waals surface area contributed by atoms with Crippen molar-refractivity contribution in [2.45, 2.75) is 30.7 Å². The number of anilines is 1. The highest BCUT2D eigenvalue weighted by Gasteiger charge is 2.06. The first kappa shape index (κ1) is 12.0. The third-order valence-corrected chi connectivity index (χ3v) is 3.76. The molecule has 1 aromatic heterocycles. The second kappa shape index (κ2) is 4.80. The summed E-state index contributed by atoms with van der Waals surface area (Å²) in [6.45, 7) is 6.18. The predicted octanol–water partition coefficient (Wildman–Crippen LogP) is 3.74. The van der Waals surface area contributed by atoms with E-state index in [2.05, 4.69) is 37.0 Å². The van der Waals surface area contributed by atoms with Crippen molar-refractivity contribution in [2.75, 3.05) is 5.73 Å². The Bertz CT molecular complexity index is 500. The van der Waals surface area contributed by atoms with Crippen LogP contribution in [0.5, 0.6) is 0 Å². The van der Waals surface area contributed by atoms with E-state index in [0.29, 0.717) is 0 Å². The summed E-state index contributed by atoms with van der Waals surface area (Å²) in [4.78, 5) is 5.69. The third kappa shape index (κ3) is 2.80. The van der Waals surface area contributed by atoms with Gasteiger partial charge in [-0.2, -0.15) is 0 Å². The summed E-state index contributed by atoms with van der Waals surface area (Å²) in [5, 5.41) is 0.888. The van der Waals surface area contributed by atoms with Crippen LogP contribution >= 0.6 is 11.8 Å². The molecular formula is C14H16N2S. The molecule has 0 bridgehead atoms. The first-order valence-corrected chi connectivity index (χ1v) is 6.36. The van der Waals surface area contributed by atoms with E-state index in [1.54, 1.807) is 11.8 Å². The van der Waals surface area contributed by atoms with Crippen molar-refractivity contribution >= 4 is 17.4 Å². The number of nitrogens with two attached hydrogens (primary N) is 1. The van der Waals surface area contributed by atoms with Crippen molar-refractivity contribution in [3.63, 3.8) is 0 Å². The van der Waals surface area contributed by atoms with Crippen molar-refractivity contribution in [2.24, 2.45) is 0 Å². The molecule has 2 nitrogen and oxygen atoms in total. The van der Waals surface area contributed by atoms with Crippen LogP contribution in [0.1, 0.15) is 16.8 Å². The van der Waals surface area contributed by atoms with Crippen LogP contribution in [0.2, 0.25) is 0 Å². The fraction of sp³-hybridized carbons (Fsp3) is 0.214. The number of hydrogen-bond acceptors (Lipinski definition) is 3. The maximum absolute atomic E-state index is 5.94. The summed E-state index contributed by atoms with van der Waals surface area (Å²) in [7, 11) is 0. The maximum atomic E-state index is 5.94. The molecule has 0 spiro atoms. The summed E-state index contributed by atoms with van der Waals surface area (Å²) >= 11 is 1.63. The highest BCUT2D eigenvalue weighted by molar-refractivity contribution is 7.99. The number of aryl methyl sites for hydroxylation is 3. The highest BCUT2D eigenvalue weighted by atomic mass is 32.2. The normalized spacial score (nSPS) is 10.5. The smallest absolute Gasteiger partial charge is 0.124 e. The van der Waals surface area contributed by atoms with E-state index in [-0.39, 0.29) is 0 Å². The molecule has 2 N–H and O–H groups in total. The van der Waals surface area contributed by atoms with Gasteiger partial charge in [0.2, 0.25) is 0 Å². The molecule has 88 valence electrons. The second-order valence-electron chi connectivity index (χ2n) is 4.22. The van der Waals surface area contributed by atoms with E-state index in [0.717, 1.165) is 16.4 Å². The largest absolute Gasteiger partial charge is 0.397 e. The fourth-order valence-corrected chi connectivity index (χ4v) is 2.60. The molecule has 1 aromatic carbocycles. The molecule has 0 saturated carbocycles. The predicted molar refractivity (Wildman–Crippen MR) is 73.4 cm³/mol. The first-order chi connectivity index (χ1) is 8.06. The van der Waals surface area contributed by atoms with Crippen LogP contribution in [-0.4, -0.2) is 4.98 Å². The van der Waals surface area contributed by atoms with Crippen molar-refractivity contribution in [1.82, 2.24) is 4.98 Å². The molecule has 0 fully saturated rings. The van der Waals surface area contributed by atoms with Gasteiger partial charge in [0.05, 0.1) is 5.69 Å². The lowest BCUT2D eigenvalue weighted by Gasteiger charge is -2.08. The Hall–Kier alpha value is -1.48. The number of hydrogen-bond donors (Lipinski definition) is 1. The molecule has 3 heteroatoms. The average molecular weight is 244 g/mol. The minimum Gasteiger partial charge on any atom is -0.397 e.